The van der Waals surface area contributed by atoms with E-state index in [4.69, 9.17) is 4.74 Å². The molecule has 2 aromatic rings. The number of hydrogen-bond acceptors (Lipinski definition) is 6. The zero-order chi connectivity index (χ0) is 24.9. The molecular weight excluding hydrogens is 469 g/mol. The fraction of sp³-hybridized carbons (Fsp3) is 0.500. The van der Waals surface area contributed by atoms with Crippen LogP contribution in [0, 0.1) is 5.82 Å². The molecule has 35 heavy (non-hydrogen) atoms. The average molecular weight is 502 g/mol. The lowest BCUT2D eigenvalue weighted by Crippen LogP contribution is -2.57. The van der Waals surface area contributed by atoms with E-state index in [1.54, 1.807) is 35.3 Å². The summed E-state index contributed by atoms with van der Waals surface area (Å²) in [5.74, 6) is -0.737. The number of rotatable bonds is 7. The number of hydrogen-bond donors (Lipinski definition) is 0. The number of carbonyl (C=O) groups is 3. The largest absolute Gasteiger partial charge is 0.466 e. The lowest BCUT2D eigenvalue weighted by atomic mass is 9.93. The van der Waals surface area contributed by atoms with Crippen LogP contribution in [0.2, 0.25) is 0 Å². The van der Waals surface area contributed by atoms with Crippen LogP contribution in [0.15, 0.2) is 35.7 Å². The van der Waals surface area contributed by atoms with Crippen molar-refractivity contribution in [3.8, 4) is 0 Å². The van der Waals surface area contributed by atoms with Crippen molar-refractivity contribution in [3.05, 3.63) is 57.5 Å². The molecule has 0 aliphatic carbocycles. The van der Waals surface area contributed by atoms with E-state index in [1.807, 2.05) is 17.9 Å². The molecule has 1 aromatic heterocycles. The van der Waals surface area contributed by atoms with Gasteiger partial charge >= 0.3 is 5.97 Å². The third kappa shape index (κ3) is 5.90. The molecule has 1 saturated heterocycles. The SMILES string of the molecule is CCOC(=O)CCC(=O)N1CCN(C(=O)CN2CCc3sccc3C2c2cccc(F)c2)CC1C. The number of fused-ring (bicyclic) bond motifs is 1. The molecule has 1 aromatic carbocycles. The number of piperazine rings is 1. The number of esters is 1. The van der Waals surface area contributed by atoms with E-state index in [-0.39, 0.29) is 55.1 Å². The van der Waals surface area contributed by atoms with Crippen LogP contribution in [0.1, 0.15) is 48.7 Å². The second-order valence-corrected chi connectivity index (χ2v) is 10.1. The summed E-state index contributed by atoms with van der Waals surface area (Å²) in [4.78, 5) is 44.5. The predicted octanol–water partition coefficient (Wildman–Crippen LogP) is 3.24. The van der Waals surface area contributed by atoms with Gasteiger partial charge in [-0.2, -0.15) is 0 Å². The van der Waals surface area contributed by atoms with Crippen molar-refractivity contribution in [1.29, 1.82) is 0 Å². The van der Waals surface area contributed by atoms with Crippen LogP contribution in [-0.4, -0.2) is 77.9 Å². The van der Waals surface area contributed by atoms with Crippen LogP contribution in [0.4, 0.5) is 4.39 Å². The minimum absolute atomic E-state index is 0.00977. The van der Waals surface area contributed by atoms with Crippen LogP contribution in [0.3, 0.4) is 0 Å². The summed E-state index contributed by atoms with van der Waals surface area (Å²) in [6.45, 7) is 6.27. The Morgan fingerprint density at radius 3 is 2.69 bits per heavy atom. The second kappa shape index (κ2) is 11.3. The van der Waals surface area contributed by atoms with E-state index in [0.717, 1.165) is 24.1 Å². The highest BCUT2D eigenvalue weighted by Gasteiger charge is 2.34. The standard InChI is InChI=1S/C26H32FN3O4S/c1-3-34-25(33)8-7-23(31)30-13-12-28(16-18(30)2)24(32)17-29-11-9-22-21(10-14-35-22)26(29)19-5-4-6-20(27)15-19/h4-6,10,14-15,18,26H,3,7-9,11-13,16-17H2,1-2H3. The van der Waals surface area contributed by atoms with Gasteiger partial charge < -0.3 is 14.5 Å². The number of nitrogens with zero attached hydrogens (tertiary/aromatic N) is 3. The summed E-state index contributed by atoms with van der Waals surface area (Å²) in [7, 11) is 0. The topological polar surface area (TPSA) is 70.2 Å². The van der Waals surface area contributed by atoms with E-state index in [1.165, 1.54) is 10.9 Å². The maximum atomic E-state index is 14.0. The first-order valence-corrected chi connectivity index (χ1v) is 13.0. The van der Waals surface area contributed by atoms with Gasteiger partial charge in [0.25, 0.3) is 0 Å². The molecule has 2 atom stereocenters. The Morgan fingerprint density at radius 1 is 1.11 bits per heavy atom. The summed E-state index contributed by atoms with van der Waals surface area (Å²) in [6.07, 6.45) is 1.05. The molecule has 4 rings (SSSR count). The predicted molar refractivity (Wildman–Crippen MR) is 131 cm³/mol. The van der Waals surface area contributed by atoms with Crippen LogP contribution in [-0.2, 0) is 25.5 Å². The minimum atomic E-state index is -0.370. The first-order valence-electron chi connectivity index (χ1n) is 12.2. The third-order valence-corrected chi connectivity index (χ3v) is 7.71. The van der Waals surface area contributed by atoms with Crippen LogP contribution >= 0.6 is 11.3 Å². The smallest absolute Gasteiger partial charge is 0.306 e. The number of benzene rings is 1. The van der Waals surface area contributed by atoms with Gasteiger partial charge in [0, 0.05) is 43.5 Å². The van der Waals surface area contributed by atoms with Crippen molar-refractivity contribution >= 4 is 29.1 Å². The van der Waals surface area contributed by atoms with Crippen molar-refractivity contribution in [3.63, 3.8) is 0 Å². The molecule has 188 valence electrons. The van der Waals surface area contributed by atoms with Gasteiger partial charge in [0.05, 0.1) is 25.6 Å². The molecule has 0 spiro atoms. The molecule has 2 aliphatic heterocycles. The summed E-state index contributed by atoms with van der Waals surface area (Å²) in [5, 5.41) is 2.06. The molecule has 0 bridgehead atoms. The molecule has 7 nitrogen and oxygen atoms in total. The lowest BCUT2D eigenvalue weighted by molar-refractivity contribution is -0.147. The molecule has 2 unspecified atom stereocenters. The quantitative estimate of drug-likeness (QED) is 0.545. The van der Waals surface area contributed by atoms with E-state index >= 15 is 0 Å². The number of ether oxygens (including phenoxy) is 1. The highest BCUT2D eigenvalue weighted by atomic mass is 32.1. The van der Waals surface area contributed by atoms with Gasteiger partial charge in [-0.05, 0) is 55.0 Å². The van der Waals surface area contributed by atoms with Crippen LogP contribution < -0.4 is 0 Å². The summed E-state index contributed by atoms with van der Waals surface area (Å²) >= 11 is 1.71. The maximum absolute atomic E-state index is 14.0. The number of halogens is 1. The lowest BCUT2D eigenvalue weighted by Gasteiger charge is -2.42. The summed E-state index contributed by atoms with van der Waals surface area (Å²) in [6, 6.07) is 8.41. The van der Waals surface area contributed by atoms with E-state index in [9.17, 15) is 18.8 Å². The Hall–Kier alpha value is -2.78. The number of thiophene rings is 1. The fourth-order valence-electron chi connectivity index (χ4n) is 5.02. The molecule has 2 amide bonds. The Kier molecular flexibility index (Phi) is 8.18. The second-order valence-electron chi connectivity index (χ2n) is 9.06. The molecule has 0 radical (unpaired) electrons. The molecule has 0 saturated carbocycles. The van der Waals surface area contributed by atoms with E-state index in [2.05, 4.69) is 16.3 Å². The highest BCUT2D eigenvalue weighted by Crippen LogP contribution is 2.37. The molecule has 3 heterocycles. The van der Waals surface area contributed by atoms with Gasteiger partial charge in [0.1, 0.15) is 5.82 Å². The zero-order valence-electron chi connectivity index (χ0n) is 20.2. The monoisotopic (exact) mass is 501 g/mol. The van der Waals surface area contributed by atoms with Crippen LogP contribution in [0.25, 0.3) is 0 Å². The Balaban J connectivity index is 1.39. The minimum Gasteiger partial charge on any atom is -0.466 e. The van der Waals surface area contributed by atoms with Crippen molar-refractivity contribution in [2.75, 3.05) is 39.3 Å². The van der Waals surface area contributed by atoms with Crippen molar-refractivity contribution in [2.45, 2.75) is 45.2 Å². The Bertz CT molecular complexity index is 1070. The van der Waals surface area contributed by atoms with Gasteiger partial charge in [0.15, 0.2) is 0 Å². The van der Waals surface area contributed by atoms with Crippen molar-refractivity contribution in [1.82, 2.24) is 14.7 Å². The third-order valence-electron chi connectivity index (χ3n) is 6.72. The Morgan fingerprint density at radius 2 is 1.94 bits per heavy atom. The molecule has 1 fully saturated rings. The molecule has 2 aliphatic rings. The number of carbonyl (C=O) groups excluding carboxylic acids is 3. The average Bonchev–Trinajstić information content (AvgIpc) is 3.31. The normalized spacial score (nSPS) is 20.4. The van der Waals surface area contributed by atoms with Gasteiger partial charge in [-0.25, -0.2) is 4.39 Å². The van der Waals surface area contributed by atoms with Crippen molar-refractivity contribution < 1.29 is 23.5 Å². The maximum Gasteiger partial charge on any atom is 0.306 e. The fourth-order valence-corrected chi connectivity index (χ4v) is 5.92. The molecule has 9 heteroatoms. The first kappa shape index (κ1) is 25.3. The van der Waals surface area contributed by atoms with Gasteiger partial charge in [-0.1, -0.05) is 12.1 Å². The highest BCUT2D eigenvalue weighted by molar-refractivity contribution is 7.10. The zero-order valence-corrected chi connectivity index (χ0v) is 21.1. The van der Waals surface area contributed by atoms with Crippen LogP contribution in [0.5, 0.6) is 0 Å². The number of amides is 2. The van der Waals surface area contributed by atoms with Gasteiger partial charge in [0.2, 0.25) is 11.8 Å². The summed E-state index contributed by atoms with van der Waals surface area (Å²) < 4.78 is 18.9. The van der Waals surface area contributed by atoms with Gasteiger partial charge in [-0.15, -0.1) is 11.3 Å². The van der Waals surface area contributed by atoms with Gasteiger partial charge in [-0.3, -0.25) is 19.3 Å². The first-order chi connectivity index (χ1) is 16.9. The van der Waals surface area contributed by atoms with E-state index < -0.39 is 0 Å². The van der Waals surface area contributed by atoms with Crippen molar-refractivity contribution in [2.24, 2.45) is 0 Å². The van der Waals surface area contributed by atoms with E-state index in [0.29, 0.717) is 26.2 Å². The molecular formula is C26H32FN3O4S. The summed E-state index contributed by atoms with van der Waals surface area (Å²) in [5.41, 5.74) is 1.99. The molecule has 0 N–H and O–H groups in total. The Labute approximate surface area is 209 Å².